The number of benzene rings is 1. The molecule has 6 atom stereocenters. The first kappa shape index (κ1) is 29.0. The Balaban J connectivity index is 1.46. The predicted molar refractivity (Wildman–Crippen MR) is 148 cm³/mol. The van der Waals surface area contributed by atoms with E-state index < -0.39 is 30.5 Å². The SMILES string of the molecule is Cc1nc(N[C@H](C)c2ccc(OC(F)(F)F)cc2)nc(N[C@@H]2C[C@H](CO)[C@@H](O)[C@H]2O)c1-c1nc2c(s1)C=CNC2C. The van der Waals surface area contributed by atoms with Crippen LogP contribution in [0.25, 0.3) is 16.6 Å². The Morgan fingerprint density at radius 3 is 2.51 bits per heavy atom. The maximum Gasteiger partial charge on any atom is 0.573 e. The van der Waals surface area contributed by atoms with Crippen LogP contribution in [0, 0.1) is 12.8 Å². The normalized spacial score (nSPS) is 24.5. The maximum atomic E-state index is 12.5. The van der Waals surface area contributed by atoms with Gasteiger partial charge in [-0.05, 0) is 57.2 Å². The molecule has 1 aliphatic carbocycles. The van der Waals surface area contributed by atoms with Crippen molar-refractivity contribution >= 4 is 29.2 Å². The van der Waals surface area contributed by atoms with Crippen molar-refractivity contribution in [3.05, 3.63) is 52.3 Å². The fourth-order valence-electron chi connectivity index (χ4n) is 5.08. The first-order chi connectivity index (χ1) is 19.4. The van der Waals surface area contributed by atoms with Gasteiger partial charge in [0.1, 0.15) is 22.7 Å². The van der Waals surface area contributed by atoms with E-state index in [0.29, 0.717) is 34.1 Å². The molecule has 2 aliphatic rings. The monoisotopic (exact) mass is 592 g/mol. The summed E-state index contributed by atoms with van der Waals surface area (Å²) in [6.45, 7) is 5.38. The molecule has 1 saturated carbocycles. The average Bonchev–Trinajstić information content (AvgIpc) is 3.45. The lowest BCUT2D eigenvalue weighted by molar-refractivity contribution is -0.274. The molecule has 0 amide bonds. The standard InChI is InChI=1S/C27H31F3N6O4S/c1-12(15-4-6-17(7-5-15)40-27(28,29)30)32-26-33-13(2)20(25-35-21-14(3)31-9-8-19(21)41-25)24(36-26)34-18-10-16(11-37)22(38)23(18)39/h4-9,12,14,16,18,22-23,31,37-39H,10-11H2,1-3H3,(H2,32,33,34,36)/t12-,14?,16-,18-,22-,23+/m1/s1. The van der Waals surface area contributed by atoms with Crippen molar-refractivity contribution in [2.24, 2.45) is 5.92 Å². The molecule has 41 heavy (non-hydrogen) atoms. The Bertz CT molecular complexity index is 1420. The van der Waals surface area contributed by atoms with Gasteiger partial charge in [-0.25, -0.2) is 9.97 Å². The summed E-state index contributed by atoms with van der Waals surface area (Å²) in [5.41, 5.74) is 2.82. The highest BCUT2D eigenvalue weighted by molar-refractivity contribution is 7.16. The van der Waals surface area contributed by atoms with Crippen LogP contribution in [0.1, 0.15) is 54.2 Å². The number of hydrogen-bond donors (Lipinski definition) is 6. The van der Waals surface area contributed by atoms with Crippen molar-refractivity contribution in [3.8, 4) is 16.3 Å². The Morgan fingerprint density at radius 1 is 1.15 bits per heavy atom. The van der Waals surface area contributed by atoms with Crippen LogP contribution >= 0.6 is 11.3 Å². The highest BCUT2D eigenvalue weighted by Gasteiger charge is 2.41. The summed E-state index contributed by atoms with van der Waals surface area (Å²) in [4.78, 5) is 15.2. The topological polar surface area (TPSA) is 145 Å². The number of halogens is 3. The highest BCUT2D eigenvalue weighted by Crippen LogP contribution is 2.40. The average molecular weight is 593 g/mol. The number of anilines is 2. The molecule has 6 N–H and O–H groups in total. The van der Waals surface area contributed by atoms with Gasteiger partial charge in [0.25, 0.3) is 0 Å². The number of nitrogens with zero attached hydrogens (tertiary/aromatic N) is 3. The Kier molecular flexibility index (Phi) is 8.10. The zero-order valence-electron chi connectivity index (χ0n) is 22.5. The van der Waals surface area contributed by atoms with Gasteiger partial charge in [0, 0.05) is 12.5 Å². The molecule has 0 bridgehead atoms. The molecule has 220 valence electrons. The van der Waals surface area contributed by atoms with E-state index in [-0.39, 0.29) is 30.4 Å². The smallest absolute Gasteiger partial charge is 0.406 e. The molecule has 0 radical (unpaired) electrons. The molecule has 10 nitrogen and oxygen atoms in total. The largest absolute Gasteiger partial charge is 0.573 e. The third-order valence-electron chi connectivity index (χ3n) is 7.29. The maximum absolute atomic E-state index is 12.5. The second-order valence-electron chi connectivity index (χ2n) is 10.2. The molecular weight excluding hydrogens is 561 g/mol. The molecule has 1 unspecified atom stereocenters. The summed E-state index contributed by atoms with van der Waals surface area (Å²) in [5, 5.41) is 41.1. The molecule has 3 heterocycles. The zero-order valence-corrected chi connectivity index (χ0v) is 23.3. The lowest BCUT2D eigenvalue weighted by atomic mass is 10.1. The van der Waals surface area contributed by atoms with Crippen LogP contribution in [0.3, 0.4) is 0 Å². The first-order valence-electron chi connectivity index (χ1n) is 13.1. The fourth-order valence-corrected chi connectivity index (χ4v) is 6.25. The van der Waals surface area contributed by atoms with E-state index in [1.165, 1.54) is 35.6 Å². The zero-order chi connectivity index (χ0) is 29.5. The molecule has 2 aromatic heterocycles. The van der Waals surface area contributed by atoms with Crippen LogP contribution < -0.4 is 20.7 Å². The van der Waals surface area contributed by atoms with Gasteiger partial charge in [0.2, 0.25) is 5.95 Å². The van der Waals surface area contributed by atoms with Crippen LogP contribution in [0.4, 0.5) is 24.9 Å². The van der Waals surface area contributed by atoms with Gasteiger partial charge < -0.3 is 36.0 Å². The van der Waals surface area contributed by atoms with Crippen LogP contribution in [-0.2, 0) is 0 Å². The minimum absolute atomic E-state index is 0.0180. The number of fused-ring (bicyclic) bond motifs is 1. The predicted octanol–water partition coefficient (Wildman–Crippen LogP) is 4.13. The minimum Gasteiger partial charge on any atom is -0.406 e. The van der Waals surface area contributed by atoms with Crippen molar-refractivity contribution in [1.29, 1.82) is 0 Å². The molecule has 5 rings (SSSR count). The van der Waals surface area contributed by atoms with Crippen molar-refractivity contribution in [3.63, 3.8) is 0 Å². The van der Waals surface area contributed by atoms with E-state index in [4.69, 9.17) is 9.97 Å². The van der Waals surface area contributed by atoms with Crippen LogP contribution in [0.2, 0.25) is 0 Å². The van der Waals surface area contributed by atoms with E-state index in [9.17, 15) is 28.5 Å². The second-order valence-corrected chi connectivity index (χ2v) is 11.3. The van der Waals surface area contributed by atoms with E-state index in [1.54, 1.807) is 0 Å². The fraction of sp³-hybridized carbons (Fsp3) is 0.444. The number of aryl methyl sites for hydroxylation is 1. The summed E-state index contributed by atoms with van der Waals surface area (Å²) >= 11 is 1.48. The lowest BCUT2D eigenvalue weighted by Gasteiger charge is -2.22. The van der Waals surface area contributed by atoms with E-state index in [1.807, 2.05) is 33.0 Å². The van der Waals surface area contributed by atoms with E-state index in [0.717, 1.165) is 10.6 Å². The molecule has 14 heteroatoms. The summed E-state index contributed by atoms with van der Waals surface area (Å²) < 4.78 is 41.5. The Hall–Kier alpha value is -3.46. The minimum atomic E-state index is -4.77. The van der Waals surface area contributed by atoms with Crippen molar-refractivity contribution < 1.29 is 33.2 Å². The molecular formula is C27H31F3N6O4S. The molecule has 0 saturated heterocycles. The number of aliphatic hydroxyl groups is 3. The first-order valence-corrected chi connectivity index (χ1v) is 13.9. The molecule has 3 aromatic rings. The molecule has 0 spiro atoms. The number of alkyl halides is 3. The summed E-state index contributed by atoms with van der Waals surface area (Å²) in [6, 6.07) is 4.57. The lowest BCUT2D eigenvalue weighted by Crippen LogP contribution is -2.35. The van der Waals surface area contributed by atoms with Crippen LogP contribution in [0.15, 0.2) is 30.5 Å². The number of thiazole rings is 1. The van der Waals surface area contributed by atoms with E-state index >= 15 is 0 Å². The van der Waals surface area contributed by atoms with Crippen LogP contribution in [0.5, 0.6) is 5.75 Å². The number of rotatable bonds is 8. The van der Waals surface area contributed by atoms with Gasteiger partial charge >= 0.3 is 6.36 Å². The van der Waals surface area contributed by atoms with E-state index in [2.05, 4.69) is 25.7 Å². The second kappa shape index (κ2) is 11.4. The third kappa shape index (κ3) is 6.25. The summed E-state index contributed by atoms with van der Waals surface area (Å²) in [6.07, 6.45) is -2.84. The Labute approximate surface area is 238 Å². The van der Waals surface area contributed by atoms with Crippen molar-refractivity contribution in [2.75, 3.05) is 17.2 Å². The summed E-state index contributed by atoms with van der Waals surface area (Å²) in [7, 11) is 0. The van der Waals surface area contributed by atoms with Crippen LogP contribution in [-0.4, -0.2) is 61.5 Å². The van der Waals surface area contributed by atoms with Gasteiger partial charge in [-0.15, -0.1) is 24.5 Å². The van der Waals surface area contributed by atoms with Gasteiger partial charge in [0.15, 0.2) is 0 Å². The quantitative estimate of drug-likeness (QED) is 0.226. The molecule has 1 aromatic carbocycles. The molecule has 1 fully saturated rings. The number of aliphatic hydroxyl groups excluding tert-OH is 3. The van der Waals surface area contributed by atoms with Crippen molar-refractivity contribution in [1.82, 2.24) is 20.3 Å². The van der Waals surface area contributed by atoms with Gasteiger partial charge in [0.05, 0.1) is 46.1 Å². The number of ether oxygens (including phenoxy) is 1. The third-order valence-corrected chi connectivity index (χ3v) is 8.35. The molecule has 1 aliphatic heterocycles. The number of nitrogens with one attached hydrogen (secondary N) is 3. The number of aromatic nitrogens is 3. The van der Waals surface area contributed by atoms with Gasteiger partial charge in [-0.2, -0.15) is 4.98 Å². The van der Waals surface area contributed by atoms with Gasteiger partial charge in [-0.3, -0.25) is 0 Å². The number of hydrogen-bond acceptors (Lipinski definition) is 11. The highest BCUT2D eigenvalue weighted by atomic mass is 32.1. The Morgan fingerprint density at radius 2 is 1.88 bits per heavy atom. The van der Waals surface area contributed by atoms with Crippen molar-refractivity contribution in [2.45, 2.75) is 63.9 Å². The summed E-state index contributed by atoms with van der Waals surface area (Å²) in [5.74, 6) is -0.160. The van der Waals surface area contributed by atoms with Gasteiger partial charge in [-0.1, -0.05) is 12.1 Å².